The predicted octanol–water partition coefficient (Wildman–Crippen LogP) is -2.81. The first-order valence-electron chi connectivity index (χ1n) is 4.90. The molecular formula is C8F12O8W2. The molecule has 0 saturated heterocycles. The molecule has 0 amide bonds. The minimum atomic E-state index is -5.19. The smallest absolute Gasteiger partial charge is 0.542 e. The molecule has 30 heavy (non-hydrogen) atoms. The van der Waals surface area contributed by atoms with Crippen molar-refractivity contribution in [3.05, 3.63) is 0 Å². The number of rotatable bonds is 0. The Kier molecular flexibility index (Phi) is 22.9. The summed E-state index contributed by atoms with van der Waals surface area (Å²) in [7, 11) is 0. The van der Waals surface area contributed by atoms with Crippen LogP contribution in [0.15, 0.2) is 0 Å². The normalized spacial score (nSPS) is 10.5. The first-order chi connectivity index (χ1) is 11.8. The van der Waals surface area contributed by atoms with Crippen LogP contribution in [0.1, 0.15) is 0 Å². The Labute approximate surface area is 183 Å². The fourth-order valence-electron chi connectivity index (χ4n) is 0. The van der Waals surface area contributed by atoms with Crippen molar-refractivity contribution >= 4 is 23.9 Å². The van der Waals surface area contributed by atoms with Gasteiger partial charge in [-0.2, -0.15) is 52.7 Å². The molecule has 0 saturated carbocycles. The Morgan fingerprint density at radius 3 is 0.400 bits per heavy atom. The molecule has 0 unspecified atom stereocenters. The summed E-state index contributed by atoms with van der Waals surface area (Å²) in [5.41, 5.74) is 0. The molecule has 0 bridgehead atoms. The molecule has 0 aromatic rings. The van der Waals surface area contributed by atoms with Gasteiger partial charge in [0.25, 0.3) is 0 Å². The second-order valence-electron chi connectivity index (χ2n) is 3.14. The zero-order chi connectivity index (χ0) is 24.3. The Bertz CT molecular complexity index is 440. The van der Waals surface area contributed by atoms with Gasteiger partial charge in [-0.25, -0.2) is 0 Å². The van der Waals surface area contributed by atoms with Gasteiger partial charge in [-0.1, -0.05) is 0 Å². The number of carbonyl (C=O) groups is 4. The molecule has 0 radical (unpaired) electrons. The summed E-state index contributed by atoms with van der Waals surface area (Å²) in [6.45, 7) is 0. The molecule has 22 heteroatoms. The molecule has 0 spiro atoms. The number of carbonyl (C=O) groups excluding carboxylic acids is 4. The Morgan fingerprint density at radius 2 is 0.400 bits per heavy atom. The number of aliphatic carboxylic acids is 4. The van der Waals surface area contributed by atoms with Gasteiger partial charge in [0.05, 0.1) is 0 Å². The van der Waals surface area contributed by atoms with Crippen LogP contribution in [0.4, 0.5) is 52.7 Å². The van der Waals surface area contributed by atoms with Gasteiger partial charge in [0, 0.05) is 0 Å². The zero-order valence-corrected chi connectivity index (χ0v) is 18.5. The van der Waals surface area contributed by atoms with Crippen molar-refractivity contribution in [3.63, 3.8) is 0 Å². The quantitative estimate of drug-likeness (QED) is 0.237. The minimum absolute atomic E-state index is 0. The van der Waals surface area contributed by atoms with Crippen LogP contribution in [0.3, 0.4) is 0 Å². The molecule has 0 N–H and O–H groups in total. The average molecular weight is 820 g/mol. The maximum atomic E-state index is 10.5. The molecule has 0 aliphatic rings. The summed E-state index contributed by atoms with van der Waals surface area (Å²) in [4.78, 5) is 35.1. The van der Waals surface area contributed by atoms with Crippen molar-refractivity contribution in [2.24, 2.45) is 0 Å². The SMILES string of the molecule is O=C([O-])C(F)(F)F.O=C([O-])C(F)(F)F.O=C([O-])C(F)(F)F.O=C([O-])C(F)(F)F.[W+2].[W+2]. The van der Waals surface area contributed by atoms with Crippen LogP contribution in [0.5, 0.6) is 0 Å². The van der Waals surface area contributed by atoms with E-state index >= 15 is 0 Å². The monoisotopic (exact) mass is 820 g/mol. The van der Waals surface area contributed by atoms with Crippen molar-refractivity contribution in [2.75, 3.05) is 0 Å². The van der Waals surface area contributed by atoms with E-state index in [1.54, 1.807) is 0 Å². The van der Waals surface area contributed by atoms with Crippen LogP contribution >= 0.6 is 0 Å². The number of carboxylic acids is 4. The molecule has 0 fully saturated rings. The molecule has 0 aromatic carbocycles. The second kappa shape index (κ2) is 16.2. The van der Waals surface area contributed by atoms with E-state index < -0.39 is 48.6 Å². The Morgan fingerprint density at radius 1 is 0.367 bits per heavy atom. The van der Waals surface area contributed by atoms with Crippen LogP contribution in [0, 0.1) is 0 Å². The van der Waals surface area contributed by atoms with Crippen molar-refractivity contribution in [3.8, 4) is 0 Å². The van der Waals surface area contributed by atoms with E-state index in [2.05, 4.69) is 0 Å². The van der Waals surface area contributed by atoms with E-state index in [0.29, 0.717) is 0 Å². The van der Waals surface area contributed by atoms with Gasteiger partial charge in [-0.05, 0) is 0 Å². The van der Waals surface area contributed by atoms with E-state index in [1.165, 1.54) is 0 Å². The standard InChI is InChI=1S/4C2HF3O2.2W/c4*3-2(4,5)1(6)7;;/h4*(H,6,7);;/q;;;;2*+2/p-4. The number of halogens is 12. The second-order valence-corrected chi connectivity index (χ2v) is 3.14. The zero-order valence-electron chi connectivity index (χ0n) is 12.6. The third kappa shape index (κ3) is 34.0. The van der Waals surface area contributed by atoms with Gasteiger partial charge >= 0.3 is 66.8 Å². The van der Waals surface area contributed by atoms with Gasteiger partial charge in [-0.15, -0.1) is 0 Å². The molecule has 0 atom stereocenters. The molecule has 176 valence electrons. The third-order valence-corrected chi connectivity index (χ3v) is 0.926. The summed E-state index contributed by atoms with van der Waals surface area (Å²) in [5.74, 6) is -12.0. The molecular weight excluding hydrogens is 820 g/mol. The van der Waals surface area contributed by atoms with Crippen LogP contribution in [0.2, 0.25) is 0 Å². The summed E-state index contributed by atoms with van der Waals surface area (Å²) in [6, 6.07) is 0. The van der Waals surface area contributed by atoms with Crippen LogP contribution in [-0.2, 0) is 61.3 Å². The molecule has 0 aromatic heterocycles. The van der Waals surface area contributed by atoms with E-state index in [0.717, 1.165) is 0 Å². The van der Waals surface area contributed by atoms with Gasteiger partial charge in [0.2, 0.25) is 0 Å². The maximum Gasteiger partial charge on any atom is 2.00 e. The summed E-state index contributed by atoms with van der Waals surface area (Å²) >= 11 is 0. The molecule has 0 aliphatic heterocycles. The molecule has 0 aliphatic carbocycles. The maximum absolute atomic E-state index is 10.5. The topological polar surface area (TPSA) is 161 Å². The van der Waals surface area contributed by atoms with Gasteiger partial charge < -0.3 is 39.6 Å². The van der Waals surface area contributed by atoms with Crippen molar-refractivity contribution in [1.82, 2.24) is 0 Å². The van der Waals surface area contributed by atoms with Gasteiger partial charge in [0.15, 0.2) is 0 Å². The molecule has 8 nitrogen and oxygen atoms in total. The van der Waals surface area contributed by atoms with Crippen molar-refractivity contribution in [2.45, 2.75) is 24.7 Å². The number of hydrogen-bond acceptors (Lipinski definition) is 8. The van der Waals surface area contributed by atoms with Crippen LogP contribution < -0.4 is 20.4 Å². The van der Waals surface area contributed by atoms with Gasteiger partial charge in [-0.3, -0.25) is 0 Å². The first kappa shape index (κ1) is 42.5. The van der Waals surface area contributed by atoms with Crippen LogP contribution in [0.25, 0.3) is 0 Å². The number of carboxylic acid groups (broad SMARTS) is 4. The summed E-state index contributed by atoms with van der Waals surface area (Å²) in [5, 5.41) is 35.1. The molecule has 0 rings (SSSR count). The van der Waals surface area contributed by atoms with Gasteiger partial charge in [0.1, 0.15) is 23.9 Å². The summed E-state index contributed by atoms with van der Waals surface area (Å²) in [6.07, 6.45) is -20.8. The fraction of sp³-hybridized carbons (Fsp3) is 0.500. The summed E-state index contributed by atoms with van der Waals surface area (Å²) < 4.78 is 126. The largest absolute Gasteiger partial charge is 2.00 e. The van der Waals surface area contributed by atoms with Crippen LogP contribution in [-0.4, -0.2) is 48.6 Å². The average Bonchev–Trinajstić information content (AvgIpc) is 2.35. The van der Waals surface area contributed by atoms with E-state index in [1.807, 2.05) is 0 Å². The van der Waals surface area contributed by atoms with E-state index in [4.69, 9.17) is 39.6 Å². The minimum Gasteiger partial charge on any atom is -0.542 e. The van der Waals surface area contributed by atoms with Crippen molar-refractivity contribution < 1.29 is 134 Å². The first-order valence-corrected chi connectivity index (χ1v) is 4.90. The number of alkyl halides is 12. The predicted molar refractivity (Wildman–Crippen MR) is 44.2 cm³/mol. The van der Waals surface area contributed by atoms with Crippen molar-refractivity contribution in [1.29, 1.82) is 0 Å². The Hall–Kier alpha value is -1.58. The Balaban J connectivity index is -0.0000000626. The number of hydrogen-bond donors (Lipinski definition) is 0. The third-order valence-electron chi connectivity index (χ3n) is 0.926. The molecule has 0 heterocycles. The van der Waals surface area contributed by atoms with E-state index in [9.17, 15) is 52.7 Å². The fourth-order valence-corrected chi connectivity index (χ4v) is 0. The van der Waals surface area contributed by atoms with E-state index in [-0.39, 0.29) is 42.1 Å².